The summed E-state index contributed by atoms with van der Waals surface area (Å²) in [6.45, 7) is 2.50. The lowest BCUT2D eigenvalue weighted by molar-refractivity contribution is 0.629. The minimum Gasteiger partial charge on any atom is -0.330 e. The summed E-state index contributed by atoms with van der Waals surface area (Å²) in [5.74, 6) is -0.459. The number of benzene rings is 1. The highest BCUT2D eigenvalue weighted by atomic mass is 35.5. The molecule has 3 nitrogen and oxygen atoms in total. The number of halogens is 2. The van der Waals surface area contributed by atoms with E-state index in [0.29, 0.717) is 16.8 Å². The molecule has 20 heavy (non-hydrogen) atoms. The number of hydrogen-bond donors (Lipinski definition) is 1. The molecule has 0 fully saturated rings. The molecule has 2 aromatic heterocycles. The third kappa shape index (κ3) is 2.34. The van der Waals surface area contributed by atoms with E-state index in [-0.39, 0.29) is 5.02 Å². The standard InChI is InChI=1S/C14H11ClFN3S/c1-8-2-3-9(6-17-8)7-19-13-4-10(15)11(16)5-12(13)18-14(19)20/h2-6H,7H2,1H3,(H,18,20). The van der Waals surface area contributed by atoms with E-state index < -0.39 is 5.82 Å². The fourth-order valence-corrected chi connectivity index (χ4v) is 2.51. The molecular formula is C14H11ClFN3S. The number of H-pyrrole nitrogens is 1. The molecule has 0 aliphatic heterocycles. The summed E-state index contributed by atoms with van der Waals surface area (Å²) in [5, 5.41) is 0.0854. The molecule has 1 aromatic carbocycles. The van der Waals surface area contributed by atoms with Gasteiger partial charge in [-0.1, -0.05) is 17.7 Å². The van der Waals surface area contributed by atoms with Crippen molar-refractivity contribution in [2.75, 3.05) is 0 Å². The number of aromatic amines is 1. The van der Waals surface area contributed by atoms with Crippen molar-refractivity contribution < 1.29 is 4.39 Å². The Morgan fingerprint density at radius 1 is 1.40 bits per heavy atom. The Balaban J connectivity index is 2.11. The van der Waals surface area contributed by atoms with Crippen LogP contribution in [0.2, 0.25) is 5.02 Å². The second kappa shape index (κ2) is 5.00. The number of nitrogens with one attached hydrogen (secondary N) is 1. The van der Waals surface area contributed by atoms with Crippen LogP contribution in [0.3, 0.4) is 0 Å². The molecule has 3 rings (SSSR count). The Kier molecular flexibility index (Phi) is 3.31. The molecule has 0 amide bonds. The molecule has 3 aromatic rings. The average molecular weight is 308 g/mol. The lowest BCUT2D eigenvalue weighted by Gasteiger charge is -2.05. The number of rotatable bonds is 2. The summed E-state index contributed by atoms with van der Waals surface area (Å²) < 4.78 is 15.9. The SMILES string of the molecule is Cc1ccc(Cn2c(=S)[nH]c3cc(F)c(Cl)cc32)cn1. The smallest absolute Gasteiger partial charge is 0.178 e. The molecule has 1 N–H and O–H groups in total. The van der Waals surface area contributed by atoms with Gasteiger partial charge in [-0.15, -0.1) is 0 Å². The van der Waals surface area contributed by atoms with Gasteiger partial charge in [-0.05, 0) is 36.8 Å². The van der Waals surface area contributed by atoms with Gasteiger partial charge in [0, 0.05) is 18.0 Å². The third-order valence-electron chi connectivity index (χ3n) is 3.13. The average Bonchev–Trinajstić information content (AvgIpc) is 2.69. The minimum absolute atomic E-state index is 0.0854. The van der Waals surface area contributed by atoms with Crippen LogP contribution in [-0.4, -0.2) is 14.5 Å². The van der Waals surface area contributed by atoms with Crippen LogP contribution in [0.4, 0.5) is 4.39 Å². The van der Waals surface area contributed by atoms with Crippen molar-refractivity contribution in [2.45, 2.75) is 13.5 Å². The zero-order chi connectivity index (χ0) is 14.3. The maximum absolute atomic E-state index is 13.5. The number of fused-ring (bicyclic) bond motifs is 1. The van der Waals surface area contributed by atoms with Crippen molar-refractivity contribution in [2.24, 2.45) is 0 Å². The van der Waals surface area contributed by atoms with Crippen molar-refractivity contribution in [1.82, 2.24) is 14.5 Å². The number of hydrogen-bond acceptors (Lipinski definition) is 2. The lowest BCUT2D eigenvalue weighted by Crippen LogP contribution is -2.00. The number of aryl methyl sites for hydroxylation is 1. The molecular weight excluding hydrogens is 297 g/mol. The van der Waals surface area contributed by atoms with Crippen molar-refractivity contribution in [3.8, 4) is 0 Å². The van der Waals surface area contributed by atoms with Gasteiger partial charge < -0.3 is 9.55 Å². The van der Waals surface area contributed by atoms with Gasteiger partial charge in [0.1, 0.15) is 5.82 Å². The monoisotopic (exact) mass is 307 g/mol. The first kappa shape index (κ1) is 13.3. The van der Waals surface area contributed by atoms with E-state index in [1.165, 1.54) is 6.07 Å². The summed E-state index contributed by atoms with van der Waals surface area (Å²) in [6, 6.07) is 6.88. The molecule has 0 aliphatic rings. The normalized spacial score (nSPS) is 11.2. The van der Waals surface area contributed by atoms with Crippen LogP contribution in [0.25, 0.3) is 11.0 Å². The first-order chi connectivity index (χ1) is 9.54. The van der Waals surface area contributed by atoms with E-state index >= 15 is 0 Å². The Morgan fingerprint density at radius 2 is 2.20 bits per heavy atom. The van der Waals surface area contributed by atoms with E-state index in [4.69, 9.17) is 23.8 Å². The number of imidazole rings is 1. The molecule has 0 saturated heterocycles. The first-order valence-corrected chi connectivity index (χ1v) is 6.82. The molecule has 0 unspecified atom stereocenters. The first-order valence-electron chi connectivity index (χ1n) is 6.03. The highest BCUT2D eigenvalue weighted by Crippen LogP contribution is 2.23. The topological polar surface area (TPSA) is 33.6 Å². The summed E-state index contributed by atoms with van der Waals surface area (Å²) in [6.07, 6.45) is 1.81. The molecule has 0 bridgehead atoms. The van der Waals surface area contributed by atoms with Crippen LogP contribution in [0.15, 0.2) is 30.5 Å². The molecule has 0 radical (unpaired) electrons. The summed E-state index contributed by atoms with van der Waals surface area (Å²) >= 11 is 11.1. The summed E-state index contributed by atoms with van der Waals surface area (Å²) in [5.41, 5.74) is 3.40. The van der Waals surface area contributed by atoms with Gasteiger partial charge in [0.2, 0.25) is 0 Å². The van der Waals surface area contributed by atoms with Crippen LogP contribution in [0, 0.1) is 17.5 Å². The van der Waals surface area contributed by atoms with E-state index in [2.05, 4.69) is 9.97 Å². The second-order valence-corrected chi connectivity index (χ2v) is 5.40. The molecule has 0 atom stereocenters. The van der Waals surface area contributed by atoms with Crippen LogP contribution in [0.1, 0.15) is 11.3 Å². The highest BCUT2D eigenvalue weighted by molar-refractivity contribution is 7.71. The predicted octanol–water partition coefficient (Wildman–Crippen LogP) is 4.24. The van der Waals surface area contributed by atoms with Crippen LogP contribution < -0.4 is 0 Å². The van der Waals surface area contributed by atoms with Crippen molar-refractivity contribution in [1.29, 1.82) is 0 Å². The largest absolute Gasteiger partial charge is 0.330 e. The number of nitrogens with zero attached hydrogens (tertiary/aromatic N) is 2. The van der Waals surface area contributed by atoms with Gasteiger partial charge in [0.05, 0.1) is 22.6 Å². The quantitative estimate of drug-likeness (QED) is 0.718. The predicted molar refractivity (Wildman–Crippen MR) is 80.2 cm³/mol. The van der Waals surface area contributed by atoms with Gasteiger partial charge in [-0.25, -0.2) is 4.39 Å². The molecule has 0 saturated carbocycles. The Bertz CT molecular complexity index is 836. The Morgan fingerprint density at radius 3 is 2.90 bits per heavy atom. The molecule has 2 heterocycles. The fraction of sp³-hybridized carbons (Fsp3) is 0.143. The van der Waals surface area contributed by atoms with Gasteiger partial charge >= 0.3 is 0 Å². The van der Waals surface area contributed by atoms with Crippen molar-refractivity contribution in [3.63, 3.8) is 0 Å². The van der Waals surface area contributed by atoms with Gasteiger partial charge in [-0.3, -0.25) is 4.98 Å². The fourth-order valence-electron chi connectivity index (χ4n) is 2.08. The molecule has 102 valence electrons. The van der Waals surface area contributed by atoms with E-state index in [1.807, 2.05) is 23.6 Å². The van der Waals surface area contributed by atoms with Crippen LogP contribution >= 0.6 is 23.8 Å². The minimum atomic E-state index is -0.459. The van der Waals surface area contributed by atoms with Crippen LogP contribution in [-0.2, 0) is 6.54 Å². The lowest BCUT2D eigenvalue weighted by atomic mass is 10.2. The van der Waals surface area contributed by atoms with E-state index in [0.717, 1.165) is 16.8 Å². The zero-order valence-corrected chi connectivity index (χ0v) is 12.2. The summed E-state index contributed by atoms with van der Waals surface area (Å²) in [7, 11) is 0. The van der Waals surface area contributed by atoms with Gasteiger partial charge in [0.15, 0.2) is 4.77 Å². The Hall–Kier alpha value is -1.72. The molecule has 6 heteroatoms. The maximum Gasteiger partial charge on any atom is 0.178 e. The molecule has 0 spiro atoms. The zero-order valence-electron chi connectivity index (χ0n) is 10.7. The van der Waals surface area contributed by atoms with Crippen molar-refractivity contribution >= 4 is 34.9 Å². The number of aromatic nitrogens is 3. The summed E-state index contributed by atoms with van der Waals surface area (Å²) in [4.78, 5) is 7.24. The third-order valence-corrected chi connectivity index (χ3v) is 3.74. The van der Waals surface area contributed by atoms with E-state index in [1.54, 1.807) is 12.3 Å². The van der Waals surface area contributed by atoms with Gasteiger partial charge in [-0.2, -0.15) is 0 Å². The highest BCUT2D eigenvalue weighted by Gasteiger charge is 2.09. The van der Waals surface area contributed by atoms with Crippen molar-refractivity contribution in [3.05, 3.63) is 57.3 Å². The Labute approximate surface area is 125 Å². The number of pyridine rings is 1. The molecule has 0 aliphatic carbocycles. The van der Waals surface area contributed by atoms with Gasteiger partial charge in [0.25, 0.3) is 0 Å². The maximum atomic E-state index is 13.5. The second-order valence-electron chi connectivity index (χ2n) is 4.61. The van der Waals surface area contributed by atoms with E-state index in [9.17, 15) is 4.39 Å². The van der Waals surface area contributed by atoms with Crippen LogP contribution in [0.5, 0.6) is 0 Å².